The van der Waals surface area contributed by atoms with Crippen molar-refractivity contribution in [2.24, 2.45) is 0 Å². The van der Waals surface area contributed by atoms with E-state index in [1.807, 2.05) is 13.8 Å². The normalized spacial score (nSPS) is 35.2. The van der Waals surface area contributed by atoms with Gasteiger partial charge in [0.15, 0.2) is 0 Å². The van der Waals surface area contributed by atoms with Crippen molar-refractivity contribution >= 4 is 0 Å². The van der Waals surface area contributed by atoms with Gasteiger partial charge in [-0.15, -0.1) is 0 Å². The molecule has 0 amide bonds. The summed E-state index contributed by atoms with van der Waals surface area (Å²) in [5.74, 6) is 0. The summed E-state index contributed by atoms with van der Waals surface area (Å²) in [6.07, 6.45) is 0.917. The molecule has 1 atom stereocenters. The maximum absolute atomic E-state index is 13.2. The fraction of sp³-hybridized carbons (Fsp3) is 1.00. The van der Waals surface area contributed by atoms with E-state index in [1.165, 1.54) is 0 Å². The van der Waals surface area contributed by atoms with Crippen LogP contribution in [-0.4, -0.2) is 17.2 Å². The Morgan fingerprint density at radius 3 is 2.18 bits per heavy atom. The largest absolute Gasteiger partial charge is 0.304 e. The van der Waals surface area contributed by atoms with Gasteiger partial charge < -0.3 is 5.32 Å². The summed E-state index contributed by atoms with van der Waals surface area (Å²) < 4.78 is 13.2. The lowest BCUT2D eigenvalue weighted by Gasteiger charge is -2.44. The SMILES string of the molecule is CC1(C)CC[C@H](F)C(C)(C)N1. The lowest BCUT2D eigenvalue weighted by Crippen LogP contribution is -2.60. The second-order valence-corrected chi connectivity index (χ2v) is 4.74. The predicted molar refractivity (Wildman–Crippen MR) is 45.4 cm³/mol. The lowest BCUT2D eigenvalue weighted by atomic mass is 9.81. The van der Waals surface area contributed by atoms with Crippen LogP contribution in [0.2, 0.25) is 0 Å². The minimum Gasteiger partial charge on any atom is -0.304 e. The summed E-state index contributed by atoms with van der Waals surface area (Å²) in [7, 11) is 0. The van der Waals surface area contributed by atoms with Gasteiger partial charge in [-0.3, -0.25) is 0 Å². The molecule has 1 fully saturated rings. The number of rotatable bonds is 0. The highest BCUT2D eigenvalue weighted by Gasteiger charge is 2.39. The van der Waals surface area contributed by atoms with Crippen LogP contribution in [0.25, 0.3) is 0 Å². The summed E-state index contributed by atoms with van der Waals surface area (Å²) in [5.41, 5.74) is -0.242. The Kier molecular flexibility index (Phi) is 1.99. The van der Waals surface area contributed by atoms with Crippen LogP contribution in [0.3, 0.4) is 0 Å². The molecule has 0 spiro atoms. The van der Waals surface area contributed by atoms with Crippen LogP contribution in [-0.2, 0) is 0 Å². The molecule has 0 unspecified atom stereocenters. The number of nitrogens with one attached hydrogen (secondary N) is 1. The van der Waals surface area contributed by atoms with Crippen molar-refractivity contribution in [2.45, 2.75) is 57.8 Å². The Morgan fingerprint density at radius 2 is 1.82 bits per heavy atom. The van der Waals surface area contributed by atoms with Gasteiger partial charge in [-0.2, -0.15) is 0 Å². The van der Waals surface area contributed by atoms with Gasteiger partial charge in [-0.05, 0) is 40.5 Å². The van der Waals surface area contributed by atoms with Crippen LogP contribution in [0.1, 0.15) is 40.5 Å². The Labute approximate surface area is 68.4 Å². The lowest BCUT2D eigenvalue weighted by molar-refractivity contribution is 0.0777. The molecule has 0 saturated carbocycles. The van der Waals surface area contributed by atoms with Gasteiger partial charge in [0.2, 0.25) is 0 Å². The highest BCUT2D eigenvalue weighted by molar-refractivity contribution is 4.98. The summed E-state index contributed by atoms with van der Waals surface area (Å²) in [4.78, 5) is 0. The van der Waals surface area contributed by atoms with Gasteiger partial charge in [0.25, 0.3) is 0 Å². The minimum atomic E-state index is -0.699. The van der Waals surface area contributed by atoms with E-state index in [9.17, 15) is 4.39 Å². The molecule has 0 aromatic heterocycles. The van der Waals surface area contributed by atoms with E-state index in [1.54, 1.807) is 0 Å². The first-order valence-corrected chi connectivity index (χ1v) is 4.27. The highest BCUT2D eigenvalue weighted by atomic mass is 19.1. The van der Waals surface area contributed by atoms with Gasteiger partial charge in [0.05, 0.1) is 0 Å². The molecule has 1 heterocycles. The molecule has 0 aromatic rings. The van der Waals surface area contributed by atoms with Crippen LogP contribution in [0.5, 0.6) is 0 Å². The third-order valence-corrected chi connectivity index (χ3v) is 2.47. The molecule has 66 valence electrons. The smallest absolute Gasteiger partial charge is 0.118 e. The van der Waals surface area contributed by atoms with E-state index < -0.39 is 6.17 Å². The molecular weight excluding hydrogens is 141 g/mol. The number of piperidine rings is 1. The van der Waals surface area contributed by atoms with Gasteiger partial charge >= 0.3 is 0 Å². The highest BCUT2D eigenvalue weighted by Crippen LogP contribution is 2.30. The van der Waals surface area contributed by atoms with Crippen LogP contribution in [0.15, 0.2) is 0 Å². The predicted octanol–water partition coefficient (Wildman–Crippen LogP) is 2.27. The molecule has 2 heteroatoms. The van der Waals surface area contributed by atoms with Crippen LogP contribution < -0.4 is 5.32 Å². The first-order chi connectivity index (χ1) is 4.83. The Bertz CT molecular complexity index is 152. The topological polar surface area (TPSA) is 12.0 Å². The summed E-state index contributed by atoms with van der Waals surface area (Å²) in [5, 5.41) is 3.31. The second kappa shape index (κ2) is 2.44. The quantitative estimate of drug-likeness (QED) is 0.571. The maximum atomic E-state index is 13.2. The standard InChI is InChI=1S/C9H18FN/c1-8(2)6-5-7(10)9(3,4)11-8/h7,11H,5-6H2,1-4H3/t7-/m0/s1. The van der Waals surface area contributed by atoms with E-state index in [4.69, 9.17) is 0 Å². The van der Waals surface area contributed by atoms with Gasteiger partial charge in [0.1, 0.15) is 6.17 Å². The Balaban J connectivity index is 2.67. The second-order valence-electron chi connectivity index (χ2n) is 4.74. The van der Waals surface area contributed by atoms with Gasteiger partial charge in [-0.1, -0.05) is 0 Å². The molecular formula is C9H18FN. The van der Waals surface area contributed by atoms with Crippen LogP contribution in [0, 0.1) is 0 Å². The Morgan fingerprint density at radius 1 is 1.27 bits per heavy atom. The molecule has 1 saturated heterocycles. The van der Waals surface area contributed by atoms with E-state index in [0.717, 1.165) is 6.42 Å². The van der Waals surface area contributed by atoms with Crippen LogP contribution in [0.4, 0.5) is 4.39 Å². The number of halogens is 1. The van der Waals surface area contributed by atoms with Crippen molar-refractivity contribution in [1.29, 1.82) is 0 Å². The molecule has 1 rings (SSSR count). The van der Waals surface area contributed by atoms with Crippen molar-refractivity contribution < 1.29 is 4.39 Å². The van der Waals surface area contributed by atoms with Crippen molar-refractivity contribution in [3.63, 3.8) is 0 Å². The zero-order chi connectivity index (χ0) is 8.70. The van der Waals surface area contributed by atoms with Crippen molar-refractivity contribution in [3.05, 3.63) is 0 Å². The van der Waals surface area contributed by atoms with Crippen molar-refractivity contribution in [1.82, 2.24) is 5.32 Å². The van der Waals surface area contributed by atoms with Gasteiger partial charge in [0, 0.05) is 11.1 Å². The summed E-state index contributed by atoms with van der Waals surface area (Å²) >= 11 is 0. The Hall–Kier alpha value is -0.110. The fourth-order valence-electron chi connectivity index (χ4n) is 1.86. The van der Waals surface area contributed by atoms with E-state index in [0.29, 0.717) is 6.42 Å². The molecule has 0 bridgehead atoms. The molecule has 11 heavy (non-hydrogen) atoms. The van der Waals surface area contributed by atoms with Gasteiger partial charge in [-0.25, -0.2) is 4.39 Å². The van der Waals surface area contributed by atoms with E-state index >= 15 is 0 Å². The average molecular weight is 159 g/mol. The molecule has 0 radical (unpaired) electrons. The molecule has 1 N–H and O–H groups in total. The third-order valence-electron chi connectivity index (χ3n) is 2.47. The fourth-order valence-corrected chi connectivity index (χ4v) is 1.86. The maximum Gasteiger partial charge on any atom is 0.118 e. The number of alkyl halides is 1. The first kappa shape index (κ1) is 8.98. The number of hydrogen-bond donors (Lipinski definition) is 1. The van der Waals surface area contributed by atoms with Crippen LogP contribution >= 0.6 is 0 Å². The molecule has 1 aliphatic heterocycles. The monoisotopic (exact) mass is 159 g/mol. The molecule has 0 aliphatic carbocycles. The first-order valence-electron chi connectivity index (χ1n) is 4.27. The zero-order valence-corrected chi connectivity index (χ0v) is 7.87. The average Bonchev–Trinajstić information content (AvgIpc) is 1.77. The number of hydrogen-bond acceptors (Lipinski definition) is 1. The van der Waals surface area contributed by atoms with E-state index in [2.05, 4.69) is 19.2 Å². The molecule has 0 aromatic carbocycles. The summed E-state index contributed by atoms with van der Waals surface area (Å²) in [6.45, 7) is 8.11. The van der Waals surface area contributed by atoms with Crippen molar-refractivity contribution in [2.75, 3.05) is 0 Å². The molecule has 1 aliphatic rings. The van der Waals surface area contributed by atoms with Crippen molar-refractivity contribution in [3.8, 4) is 0 Å². The minimum absolute atomic E-state index is 0.103. The molecule has 1 nitrogen and oxygen atoms in total. The third kappa shape index (κ3) is 1.92. The summed E-state index contributed by atoms with van der Waals surface area (Å²) in [6, 6.07) is 0. The zero-order valence-electron chi connectivity index (χ0n) is 7.87. The van der Waals surface area contributed by atoms with E-state index in [-0.39, 0.29) is 11.1 Å².